The van der Waals surface area contributed by atoms with Gasteiger partial charge in [-0.1, -0.05) is 0 Å². The molecular formula is C8H14N2O4. The van der Waals surface area contributed by atoms with Gasteiger partial charge >= 0.3 is 11.9 Å². The first-order valence-electron chi connectivity index (χ1n) is 4.18. The van der Waals surface area contributed by atoms with Gasteiger partial charge in [-0.2, -0.15) is 0 Å². The van der Waals surface area contributed by atoms with Crippen LogP contribution in [0.5, 0.6) is 0 Å². The van der Waals surface area contributed by atoms with Crippen LogP contribution in [-0.2, 0) is 14.4 Å². The molecule has 0 rings (SSSR count). The fourth-order valence-electron chi connectivity index (χ4n) is 0.733. The van der Waals surface area contributed by atoms with Gasteiger partial charge in [-0.15, -0.1) is 0 Å². The Morgan fingerprint density at radius 2 is 1.57 bits per heavy atom. The molecule has 6 heteroatoms. The van der Waals surface area contributed by atoms with Gasteiger partial charge in [-0.25, -0.2) is 4.79 Å². The van der Waals surface area contributed by atoms with Gasteiger partial charge in [0.2, 0.25) is 5.91 Å². The lowest BCUT2D eigenvalue weighted by Gasteiger charge is -2.14. The Bertz CT molecular complexity index is 250. The summed E-state index contributed by atoms with van der Waals surface area (Å²) in [5.41, 5.74) is 0. The second-order valence-corrected chi connectivity index (χ2v) is 3.16. The zero-order valence-electron chi connectivity index (χ0n) is 8.33. The Morgan fingerprint density at radius 1 is 1.07 bits per heavy atom. The van der Waals surface area contributed by atoms with E-state index in [0.29, 0.717) is 0 Å². The lowest BCUT2D eigenvalue weighted by molar-refractivity contribution is -0.150. The molecule has 2 amide bonds. The number of nitrogens with one attached hydrogen (secondary N) is 2. The summed E-state index contributed by atoms with van der Waals surface area (Å²) in [6, 6.07) is -0.896. The highest BCUT2D eigenvalue weighted by Gasteiger charge is 2.19. The van der Waals surface area contributed by atoms with Crippen LogP contribution in [0.2, 0.25) is 0 Å². The molecular weight excluding hydrogens is 188 g/mol. The third-order valence-corrected chi connectivity index (χ3v) is 1.37. The van der Waals surface area contributed by atoms with Crippen LogP contribution in [0.1, 0.15) is 20.8 Å². The summed E-state index contributed by atoms with van der Waals surface area (Å²) in [5, 5.41) is 12.8. The van der Waals surface area contributed by atoms with E-state index in [4.69, 9.17) is 5.11 Å². The molecule has 0 aliphatic rings. The van der Waals surface area contributed by atoms with Crippen LogP contribution in [0.3, 0.4) is 0 Å². The van der Waals surface area contributed by atoms with Crippen LogP contribution in [-0.4, -0.2) is 35.0 Å². The molecule has 1 atom stereocenters. The minimum atomic E-state index is -1.60. The summed E-state index contributed by atoms with van der Waals surface area (Å²) in [6.07, 6.45) is 0. The number of rotatable bonds is 3. The van der Waals surface area contributed by atoms with Crippen molar-refractivity contribution in [3.05, 3.63) is 0 Å². The lowest BCUT2D eigenvalue weighted by atomic mass is 10.3. The van der Waals surface area contributed by atoms with Crippen molar-refractivity contribution in [2.75, 3.05) is 0 Å². The average molecular weight is 202 g/mol. The second kappa shape index (κ2) is 5.21. The van der Waals surface area contributed by atoms with Crippen LogP contribution >= 0.6 is 0 Å². The molecule has 0 aliphatic heterocycles. The molecule has 80 valence electrons. The average Bonchev–Trinajstić information content (AvgIpc) is 2.02. The van der Waals surface area contributed by atoms with Crippen molar-refractivity contribution < 1.29 is 19.5 Å². The summed E-state index contributed by atoms with van der Waals surface area (Å²) in [5.74, 6) is -3.19. The molecule has 0 aromatic rings. The highest BCUT2D eigenvalue weighted by Crippen LogP contribution is 1.85. The van der Waals surface area contributed by atoms with E-state index in [1.165, 1.54) is 6.92 Å². The number of carbonyl (C=O) groups is 3. The predicted molar refractivity (Wildman–Crippen MR) is 48.5 cm³/mol. The van der Waals surface area contributed by atoms with Gasteiger partial charge in [0.15, 0.2) is 0 Å². The summed E-state index contributed by atoms with van der Waals surface area (Å²) >= 11 is 0. The molecule has 6 nitrogen and oxygen atoms in total. The number of hydrogen-bond donors (Lipinski definition) is 3. The van der Waals surface area contributed by atoms with E-state index < -0.39 is 23.8 Å². The third-order valence-electron chi connectivity index (χ3n) is 1.37. The van der Waals surface area contributed by atoms with Crippen molar-refractivity contribution in [3.63, 3.8) is 0 Å². The molecule has 3 N–H and O–H groups in total. The largest absolute Gasteiger partial charge is 0.474 e. The first-order valence-corrected chi connectivity index (χ1v) is 4.18. The van der Waals surface area contributed by atoms with Crippen molar-refractivity contribution in [2.24, 2.45) is 0 Å². The fraction of sp³-hybridized carbons (Fsp3) is 0.625. The maximum absolute atomic E-state index is 11.2. The molecule has 0 radical (unpaired) electrons. The lowest BCUT2D eigenvalue weighted by Crippen LogP contribution is -2.48. The van der Waals surface area contributed by atoms with Crippen LogP contribution < -0.4 is 10.6 Å². The summed E-state index contributed by atoms with van der Waals surface area (Å²) in [7, 11) is 0. The Balaban J connectivity index is 4.08. The fourth-order valence-corrected chi connectivity index (χ4v) is 0.733. The second-order valence-electron chi connectivity index (χ2n) is 3.16. The minimum absolute atomic E-state index is 0.0494. The van der Waals surface area contributed by atoms with Gasteiger partial charge < -0.3 is 15.7 Å². The van der Waals surface area contributed by atoms with E-state index in [9.17, 15) is 14.4 Å². The monoisotopic (exact) mass is 202 g/mol. The standard InChI is InChI=1S/C8H14N2O4/c1-4(2)9-6(11)5(3)10-7(12)8(13)14/h4-5H,1-3H3,(H,9,11)(H,10,12)(H,13,14). The molecule has 0 saturated carbocycles. The van der Waals surface area contributed by atoms with E-state index in [2.05, 4.69) is 5.32 Å². The van der Waals surface area contributed by atoms with Crippen molar-refractivity contribution >= 4 is 17.8 Å². The predicted octanol–water partition coefficient (Wildman–Crippen LogP) is -0.900. The number of carboxylic acid groups (broad SMARTS) is 1. The highest BCUT2D eigenvalue weighted by atomic mass is 16.4. The van der Waals surface area contributed by atoms with Crippen molar-refractivity contribution in [1.29, 1.82) is 0 Å². The van der Waals surface area contributed by atoms with Gasteiger partial charge in [0, 0.05) is 6.04 Å². The minimum Gasteiger partial charge on any atom is -0.474 e. The zero-order chi connectivity index (χ0) is 11.3. The van der Waals surface area contributed by atoms with E-state index in [1.54, 1.807) is 13.8 Å². The molecule has 0 bridgehead atoms. The van der Waals surface area contributed by atoms with Crippen LogP contribution in [0.25, 0.3) is 0 Å². The Labute approximate surface area is 81.7 Å². The van der Waals surface area contributed by atoms with Crippen LogP contribution in [0.4, 0.5) is 0 Å². The van der Waals surface area contributed by atoms with Crippen LogP contribution in [0, 0.1) is 0 Å². The Morgan fingerprint density at radius 3 is 1.93 bits per heavy atom. The topological polar surface area (TPSA) is 95.5 Å². The maximum atomic E-state index is 11.2. The van der Waals surface area contributed by atoms with E-state index in [0.717, 1.165) is 0 Å². The quantitative estimate of drug-likeness (QED) is 0.517. The zero-order valence-corrected chi connectivity index (χ0v) is 8.33. The summed E-state index contributed by atoms with van der Waals surface area (Å²) < 4.78 is 0. The normalized spacial score (nSPS) is 12.0. The third kappa shape index (κ3) is 4.44. The number of aliphatic carboxylic acids is 1. The molecule has 0 saturated heterocycles. The first kappa shape index (κ1) is 12.4. The van der Waals surface area contributed by atoms with Gasteiger partial charge in [-0.05, 0) is 20.8 Å². The van der Waals surface area contributed by atoms with Gasteiger partial charge in [0.1, 0.15) is 6.04 Å². The van der Waals surface area contributed by atoms with Crippen molar-refractivity contribution in [2.45, 2.75) is 32.9 Å². The van der Waals surface area contributed by atoms with Crippen LogP contribution in [0.15, 0.2) is 0 Å². The highest BCUT2D eigenvalue weighted by molar-refractivity contribution is 6.31. The number of carbonyl (C=O) groups excluding carboxylic acids is 2. The molecule has 0 heterocycles. The molecule has 0 aromatic carbocycles. The number of amides is 2. The Hall–Kier alpha value is -1.59. The number of hydrogen-bond acceptors (Lipinski definition) is 3. The molecule has 1 unspecified atom stereocenters. The Kier molecular flexibility index (Phi) is 4.62. The molecule has 0 fully saturated rings. The first-order chi connectivity index (χ1) is 6.34. The maximum Gasteiger partial charge on any atom is 0.394 e. The van der Waals surface area contributed by atoms with E-state index in [-0.39, 0.29) is 6.04 Å². The van der Waals surface area contributed by atoms with E-state index >= 15 is 0 Å². The summed E-state index contributed by atoms with van der Waals surface area (Å²) in [6.45, 7) is 4.95. The van der Waals surface area contributed by atoms with Crippen molar-refractivity contribution in [1.82, 2.24) is 10.6 Å². The number of carboxylic acids is 1. The SMILES string of the molecule is CC(C)NC(=O)C(C)NC(=O)C(=O)O. The molecule has 14 heavy (non-hydrogen) atoms. The van der Waals surface area contributed by atoms with Gasteiger partial charge in [0.05, 0.1) is 0 Å². The van der Waals surface area contributed by atoms with Crippen molar-refractivity contribution in [3.8, 4) is 0 Å². The van der Waals surface area contributed by atoms with Gasteiger partial charge in [-0.3, -0.25) is 9.59 Å². The molecule has 0 aromatic heterocycles. The van der Waals surface area contributed by atoms with E-state index in [1.807, 2.05) is 5.32 Å². The summed E-state index contributed by atoms with van der Waals surface area (Å²) in [4.78, 5) is 32.0. The smallest absolute Gasteiger partial charge is 0.394 e. The molecule has 0 spiro atoms. The van der Waals surface area contributed by atoms with Gasteiger partial charge in [0.25, 0.3) is 0 Å². The molecule has 0 aliphatic carbocycles.